The van der Waals surface area contributed by atoms with Crippen LogP contribution in [0.15, 0.2) is 54.2 Å². The third-order valence-corrected chi connectivity index (χ3v) is 3.40. The number of nitro groups is 1. The van der Waals surface area contributed by atoms with E-state index in [1.54, 1.807) is 24.3 Å². The molecular weight excluding hydrogens is 340 g/mol. The maximum atomic E-state index is 12.5. The van der Waals surface area contributed by atoms with Gasteiger partial charge in [-0.15, -0.1) is 0 Å². The number of nitro benzene ring substituents is 1. The second kappa shape index (κ2) is 8.43. The fraction of sp³-hybridized carbons (Fsp3) is 0.111. The number of carbonyl (C=O) groups is 2. The summed E-state index contributed by atoms with van der Waals surface area (Å²) in [6.45, 7) is 0. The number of para-hydroxylation sites is 1. The van der Waals surface area contributed by atoms with Crippen molar-refractivity contribution in [3.63, 3.8) is 0 Å². The zero-order valence-electron chi connectivity index (χ0n) is 14.1. The molecule has 8 nitrogen and oxygen atoms in total. The Kier molecular flexibility index (Phi) is 6.05. The minimum atomic E-state index is -0.792. The first-order chi connectivity index (χ1) is 12.5. The summed E-state index contributed by atoms with van der Waals surface area (Å²) in [5.74, 6) is -1.03. The number of hydrogen-bond acceptors (Lipinski definition) is 6. The van der Waals surface area contributed by atoms with Crippen LogP contribution in [0.3, 0.4) is 0 Å². The monoisotopic (exact) mass is 356 g/mol. The highest BCUT2D eigenvalue weighted by molar-refractivity contribution is 6.04. The van der Waals surface area contributed by atoms with Crippen LogP contribution in [0, 0.1) is 10.1 Å². The predicted octanol–water partition coefficient (Wildman–Crippen LogP) is 2.55. The van der Waals surface area contributed by atoms with Gasteiger partial charge in [-0.05, 0) is 23.8 Å². The molecule has 8 heteroatoms. The van der Waals surface area contributed by atoms with E-state index in [1.165, 1.54) is 44.6 Å². The van der Waals surface area contributed by atoms with Gasteiger partial charge in [-0.25, -0.2) is 4.79 Å². The number of esters is 1. The van der Waals surface area contributed by atoms with Crippen LogP contribution in [-0.4, -0.2) is 31.0 Å². The van der Waals surface area contributed by atoms with Crippen LogP contribution in [0.25, 0.3) is 6.08 Å². The Balaban J connectivity index is 2.36. The van der Waals surface area contributed by atoms with Gasteiger partial charge in [0.15, 0.2) is 0 Å². The van der Waals surface area contributed by atoms with Gasteiger partial charge >= 0.3 is 5.97 Å². The lowest BCUT2D eigenvalue weighted by atomic mass is 10.1. The van der Waals surface area contributed by atoms with Gasteiger partial charge in [-0.1, -0.05) is 24.3 Å². The number of benzene rings is 2. The van der Waals surface area contributed by atoms with Crippen molar-refractivity contribution in [3.05, 3.63) is 75.5 Å². The number of rotatable bonds is 6. The van der Waals surface area contributed by atoms with E-state index in [0.717, 1.165) is 0 Å². The number of hydrogen-bond donors (Lipinski definition) is 1. The molecular formula is C18H16N2O6. The fourth-order valence-electron chi connectivity index (χ4n) is 2.17. The van der Waals surface area contributed by atoms with Gasteiger partial charge in [0, 0.05) is 12.1 Å². The Bertz CT molecular complexity index is 875. The van der Waals surface area contributed by atoms with Crippen molar-refractivity contribution in [3.8, 4) is 5.75 Å². The van der Waals surface area contributed by atoms with Gasteiger partial charge in [0.2, 0.25) is 0 Å². The molecule has 0 aliphatic heterocycles. The first kappa shape index (κ1) is 18.7. The molecule has 0 aliphatic carbocycles. The molecule has 2 aromatic carbocycles. The van der Waals surface area contributed by atoms with E-state index in [2.05, 4.69) is 10.1 Å². The van der Waals surface area contributed by atoms with Crippen molar-refractivity contribution < 1.29 is 24.0 Å². The number of nitrogens with zero attached hydrogens (tertiary/aromatic N) is 1. The second-order valence-corrected chi connectivity index (χ2v) is 5.06. The van der Waals surface area contributed by atoms with E-state index >= 15 is 0 Å². The van der Waals surface area contributed by atoms with E-state index in [9.17, 15) is 19.7 Å². The van der Waals surface area contributed by atoms with E-state index in [1.807, 2.05) is 0 Å². The van der Waals surface area contributed by atoms with Crippen LogP contribution in [-0.2, 0) is 9.53 Å². The number of methoxy groups -OCH3 is 2. The highest BCUT2D eigenvalue weighted by Gasteiger charge is 2.18. The summed E-state index contributed by atoms with van der Waals surface area (Å²) in [4.78, 5) is 34.8. The first-order valence-corrected chi connectivity index (χ1v) is 7.45. The number of ether oxygens (including phenoxy) is 2. The molecule has 0 aromatic heterocycles. The summed E-state index contributed by atoms with van der Waals surface area (Å²) >= 11 is 0. The Morgan fingerprint density at radius 3 is 2.50 bits per heavy atom. The van der Waals surface area contributed by atoms with Crippen LogP contribution in [0.5, 0.6) is 5.75 Å². The van der Waals surface area contributed by atoms with Gasteiger partial charge < -0.3 is 14.8 Å². The summed E-state index contributed by atoms with van der Waals surface area (Å²) in [6, 6.07) is 12.1. The normalized spacial score (nSPS) is 10.8. The van der Waals surface area contributed by atoms with Crippen molar-refractivity contribution in [2.24, 2.45) is 0 Å². The van der Waals surface area contributed by atoms with Gasteiger partial charge in [-0.3, -0.25) is 14.9 Å². The van der Waals surface area contributed by atoms with Crippen molar-refractivity contribution in [2.75, 3.05) is 14.2 Å². The van der Waals surface area contributed by atoms with Gasteiger partial charge in [0.1, 0.15) is 11.4 Å². The first-order valence-electron chi connectivity index (χ1n) is 7.45. The molecule has 0 aliphatic rings. The Hall–Kier alpha value is -3.68. The molecule has 1 amide bonds. The molecule has 0 atom stereocenters. The quantitative estimate of drug-likeness (QED) is 0.369. The number of non-ortho nitro benzene ring substituents is 1. The standard InChI is InChI=1S/C18H16N2O6/c1-25-16-9-4-3-8-14(16)17(21)19-15(18(22)26-2)11-12-6-5-7-13(10-12)20(23)24/h3-11H,1-2H3,(H,19,21)/b15-11+. The lowest BCUT2D eigenvalue weighted by Crippen LogP contribution is -2.28. The summed E-state index contributed by atoms with van der Waals surface area (Å²) in [5, 5.41) is 13.3. The molecule has 26 heavy (non-hydrogen) atoms. The Morgan fingerprint density at radius 2 is 1.85 bits per heavy atom. The third kappa shape index (κ3) is 4.44. The van der Waals surface area contributed by atoms with Crippen molar-refractivity contribution in [1.82, 2.24) is 5.32 Å². The van der Waals surface area contributed by atoms with Crippen LogP contribution in [0.4, 0.5) is 5.69 Å². The number of amides is 1. The molecule has 2 aromatic rings. The molecule has 134 valence electrons. The van der Waals surface area contributed by atoms with Crippen LogP contribution in [0.1, 0.15) is 15.9 Å². The van der Waals surface area contributed by atoms with E-state index < -0.39 is 16.8 Å². The average molecular weight is 356 g/mol. The van der Waals surface area contributed by atoms with Crippen molar-refractivity contribution in [2.45, 2.75) is 0 Å². The van der Waals surface area contributed by atoms with E-state index in [-0.39, 0.29) is 16.9 Å². The zero-order valence-corrected chi connectivity index (χ0v) is 14.1. The molecule has 2 rings (SSSR count). The number of nitrogens with one attached hydrogen (secondary N) is 1. The molecule has 0 unspecified atom stereocenters. The van der Waals surface area contributed by atoms with Crippen molar-refractivity contribution in [1.29, 1.82) is 0 Å². The zero-order chi connectivity index (χ0) is 19.1. The lowest BCUT2D eigenvalue weighted by Gasteiger charge is -2.11. The number of carbonyl (C=O) groups excluding carboxylic acids is 2. The van der Waals surface area contributed by atoms with Crippen LogP contribution < -0.4 is 10.1 Å². The smallest absolute Gasteiger partial charge is 0.354 e. The molecule has 1 N–H and O–H groups in total. The van der Waals surface area contributed by atoms with E-state index in [0.29, 0.717) is 11.3 Å². The van der Waals surface area contributed by atoms with Gasteiger partial charge in [-0.2, -0.15) is 0 Å². The molecule has 0 saturated carbocycles. The van der Waals surface area contributed by atoms with Gasteiger partial charge in [0.05, 0.1) is 24.7 Å². The summed E-state index contributed by atoms with van der Waals surface area (Å²) in [5.41, 5.74) is 0.284. The van der Waals surface area contributed by atoms with Crippen LogP contribution >= 0.6 is 0 Å². The molecule has 0 bridgehead atoms. The SMILES string of the molecule is COC(=O)/C(=C\c1cccc([N+](=O)[O-])c1)NC(=O)c1ccccc1OC. The van der Waals surface area contributed by atoms with E-state index in [4.69, 9.17) is 4.74 Å². The maximum Gasteiger partial charge on any atom is 0.354 e. The fourth-order valence-corrected chi connectivity index (χ4v) is 2.17. The molecule has 0 spiro atoms. The van der Waals surface area contributed by atoms with Crippen molar-refractivity contribution >= 4 is 23.6 Å². The minimum absolute atomic E-state index is 0.140. The predicted molar refractivity (Wildman–Crippen MR) is 93.5 cm³/mol. The molecule has 0 fully saturated rings. The summed E-state index contributed by atoms with van der Waals surface area (Å²) in [7, 11) is 2.59. The summed E-state index contributed by atoms with van der Waals surface area (Å²) < 4.78 is 9.79. The van der Waals surface area contributed by atoms with Gasteiger partial charge in [0.25, 0.3) is 11.6 Å². The topological polar surface area (TPSA) is 108 Å². The Labute approximate surface area is 149 Å². The van der Waals surface area contributed by atoms with Crippen LogP contribution in [0.2, 0.25) is 0 Å². The molecule has 0 heterocycles. The summed E-state index contributed by atoms with van der Waals surface area (Å²) in [6.07, 6.45) is 1.30. The second-order valence-electron chi connectivity index (χ2n) is 5.06. The third-order valence-electron chi connectivity index (χ3n) is 3.40. The maximum absolute atomic E-state index is 12.5. The highest BCUT2D eigenvalue weighted by Crippen LogP contribution is 2.19. The minimum Gasteiger partial charge on any atom is -0.496 e. The lowest BCUT2D eigenvalue weighted by molar-refractivity contribution is -0.384. The molecule has 0 saturated heterocycles. The average Bonchev–Trinajstić information content (AvgIpc) is 2.66. The molecule has 0 radical (unpaired) electrons. The highest BCUT2D eigenvalue weighted by atomic mass is 16.6. The Morgan fingerprint density at radius 1 is 1.12 bits per heavy atom. The largest absolute Gasteiger partial charge is 0.496 e.